The maximum Gasteiger partial charge on any atom is 0.261 e. The second kappa shape index (κ2) is 7.93. The molecule has 0 saturated heterocycles. The Kier molecular flexibility index (Phi) is 6.16. The number of rotatable bonds is 6. The zero-order chi connectivity index (χ0) is 17.6. The van der Waals surface area contributed by atoms with Crippen LogP contribution in [0.1, 0.15) is 27.7 Å². The lowest BCUT2D eigenvalue weighted by atomic mass is 10.2. The van der Waals surface area contributed by atoms with Crippen molar-refractivity contribution in [1.29, 1.82) is 0 Å². The predicted octanol–water partition coefficient (Wildman–Crippen LogP) is 3.50. The molecule has 0 aromatic heterocycles. The predicted molar refractivity (Wildman–Crippen MR) is 104 cm³/mol. The van der Waals surface area contributed by atoms with Crippen LogP contribution >= 0.6 is 0 Å². The van der Waals surface area contributed by atoms with Crippen LogP contribution in [0.25, 0.3) is 0 Å². The van der Waals surface area contributed by atoms with Crippen molar-refractivity contribution in [2.24, 2.45) is 0 Å². The normalized spacial score (nSPS) is 13.1. The Morgan fingerprint density at radius 1 is 0.958 bits per heavy atom. The fourth-order valence-electron chi connectivity index (χ4n) is 3.18. The van der Waals surface area contributed by atoms with Gasteiger partial charge in [-0.3, -0.25) is 0 Å². The number of hydrogen-bond donors (Lipinski definition) is 1. The molecule has 0 aliphatic heterocycles. The van der Waals surface area contributed by atoms with E-state index in [0.717, 1.165) is 5.57 Å². The molecular weight excluding hydrogens is 312 g/mol. The van der Waals surface area contributed by atoms with E-state index in [2.05, 4.69) is 69.3 Å². The molecule has 0 fully saturated rings. The highest BCUT2D eigenvalue weighted by Crippen LogP contribution is 2.36. The van der Waals surface area contributed by atoms with E-state index in [4.69, 9.17) is 4.43 Å². The molecule has 3 heteroatoms. The Bertz CT molecular complexity index is 618. The topological polar surface area (TPSA) is 29.5 Å². The zero-order valence-corrected chi connectivity index (χ0v) is 16.1. The molecule has 2 rings (SSSR count). The molecule has 0 heterocycles. The van der Waals surface area contributed by atoms with Gasteiger partial charge in [-0.05, 0) is 27.9 Å². The monoisotopic (exact) mass is 340 g/mol. The summed E-state index contributed by atoms with van der Waals surface area (Å²) in [6.45, 7) is 9.21. The number of aliphatic hydroxyl groups excluding tert-OH is 1. The molecule has 0 unspecified atom stereocenters. The third-order valence-corrected chi connectivity index (χ3v) is 9.48. The summed E-state index contributed by atoms with van der Waals surface area (Å²) in [5.41, 5.74) is 0.919. The molecule has 1 N–H and O–H groups in total. The van der Waals surface area contributed by atoms with Crippen LogP contribution in [-0.2, 0) is 4.43 Å². The molecule has 2 nitrogen and oxygen atoms in total. The second-order valence-corrected chi connectivity index (χ2v) is 11.4. The fourth-order valence-corrected chi connectivity index (χ4v) is 7.74. The van der Waals surface area contributed by atoms with Gasteiger partial charge in [-0.1, -0.05) is 87.5 Å². The summed E-state index contributed by atoms with van der Waals surface area (Å²) in [6, 6.07) is 21.1. The smallest absolute Gasteiger partial charge is 0.261 e. The first-order valence-corrected chi connectivity index (χ1v) is 10.4. The van der Waals surface area contributed by atoms with Gasteiger partial charge in [0.1, 0.15) is 0 Å². The van der Waals surface area contributed by atoms with E-state index in [9.17, 15) is 5.11 Å². The molecule has 2 aromatic rings. The van der Waals surface area contributed by atoms with Crippen LogP contribution in [0.2, 0.25) is 5.04 Å². The lowest BCUT2D eigenvalue weighted by Gasteiger charge is -2.43. The summed E-state index contributed by atoms with van der Waals surface area (Å²) < 4.78 is 6.72. The van der Waals surface area contributed by atoms with Gasteiger partial charge in [0.25, 0.3) is 8.32 Å². The summed E-state index contributed by atoms with van der Waals surface area (Å²) in [5, 5.41) is 12.0. The molecule has 0 bridgehead atoms. The molecule has 0 amide bonds. The number of hydrogen-bond acceptors (Lipinski definition) is 2. The zero-order valence-electron chi connectivity index (χ0n) is 15.1. The Morgan fingerprint density at radius 2 is 1.42 bits per heavy atom. The first kappa shape index (κ1) is 18.7. The highest BCUT2D eigenvalue weighted by Gasteiger charge is 2.50. The van der Waals surface area contributed by atoms with Crippen LogP contribution in [0.3, 0.4) is 0 Å². The van der Waals surface area contributed by atoms with Gasteiger partial charge in [0.2, 0.25) is 0 Å². The average Bonchev–Trinajstić information content (AvgIpc) is 2.59. The number of benzene rings is 2. The SMILES string of the molecule is CC=C(CO)CO[Si](c1ccccc1)(c1ccccc1)C(C)(C)C. The third kappa shape index (κ3) is 3.69. The van der Waals surface area contributed by atoms with Crippen LogP contribution in [-0.4, -0.2) is 26.6 Å². The third-order valence-electron chi connectivity index (χ3n) is 4.50. The minimum Gasteiger partial charge on any atom is -0.403 e. The lowest BCUT2D eigenvalue weighted by molar-refractivity contribution is 0.279. The van der Waals surface area contributed by atoms with Crippen LogP contribution < -0.4 is 10.4 Å². The first-order valence-electron chi connectivity index (χ1n) is 8.45. The van der Waals surface area contributed by atoms with Crippen molar-refractivity contribution < 1.29 is 9.53 Å². The summed E-state index contributed by atoms with van der Waals surface area (Å²) in [6.07, 6.45) is 1.94. The molecule has 0 spiro atoms. The molecule has 2 aromatic carbocycles. The largest absolute Gasteiger partial charge is 0.403 e. The van der Waals surface area contributed by atoms with Crippen LogP contribution in [0, 0.1) is 0 Å². The van der Waals surface area contributed by atoms with E-state index in [-0.39, 0.29) is 11.6 Å². The number of aliphatic hydroxyl groups is 1. The minimum atomic E-state index is -2.50. The average molecular weight is 341 g/mol. The molecule has 0 aliphatic rings. The van der Waals surface area contributed by atoms with E-state index in [1.165, 1.54) is 10.4 Å². The van der Waals surface area contributed by atoms with Gasteiger partial charge in [0.05, 0.1) is 13.2 Å². The van der Waals surface area contributed by atoms with Gasteiger partial charge in [-0.2, -0.15) is 0 Å². The molecule has 0 aliphatic carbocycles. The Balaban J connectivity index is 2.61. The minimum absolute atomic E-state index is 0.0364. The maximum absolute atomic E-state index is 9.53. The Hall–Kier alpha value is -1.68. The van der Waals surface area contributed by atoms with Crippen LogP contribution in [0.4, 0.5) is 0 Å². The van der Waals surface area contributed by atoms with Gasteiger partial charge in [0.15, 0.2) is 0 Å². The van der Waals surface area contributed by atoms with Gasteiger partial charge in [0, 0.05) is 0 Å². The van der Waals surface area contributed by atoms with Crippen molar-refractivity contribution in [3.8, 4) is 0 Å². The van der Waals surface area contributed by atoms with E-state index in [0.29, 0.717) is 6.61 Å². The Morgan fingerprint density at radius 3 is 1.75 bits per heavy atom. The second-order valence-electron chi connectivity index (χ2n) is 7.06. The summed E-state index contributed by atoms with van der Waals surface area (Å²) in [7, 11) is -2.50. The van der Waals surface area contributed by atoms with Crippen molar-refractivity contribution >= 4 is 18.7 Å². The van der Waals surface area contributed by atoms with E-state index < -0.39 is 8.32 Å². The van der Waals surface area contributed by atoms with Crippen molar-refractivity contribution in [2.45, 2.75) is 32.7 Å². The van der Waals surface area contributed by atoms with Crippen LogP contribution in [0.15, 0.2) is 72.3 Å². The van der Waals surface area contributed by atoms with Gasteiger partial charge >= 0.3 is 0 Å². The van der Waals surface area contributed by atoms with Crippen molar-refractivity contribution in [2.75, 3.05) is 13.2 Å². The highest BCUT2D eigenvalue weighted by atomic mass is 28.4. The first-order chi connectivity index (χ1) is 11.5. The quantitative estimate of drug-likeness (QED) is 0.644. The van der Waals surface area contributed by atoms with E-state index >= 15 is 0 Å². The summed E-state index contributed by atoms with van der Waals surface area (Å²) >= 11 is 0. The molecule has 128 valence electrons. The lowest BCUT2D eigenvalue weighted by Crippen LogP contribution is -2.66. The van der Waals surface area contributed by atoms with E-state index in [1.54, 1.807) is 0 Å². The van der Waals surface area contributed by atoms with Crippen molar-refractivity contribution in [3.05, 3.63) is 72.3 Å². The molecule has 0 atom stereocenters. The highest BCUT2D eigenvalue weighted by molar-refractivity contribution is 6.99. The van der Waals surface area contributed by atoms with Crippen LogP contribution in [0.5, 0.6) is 0 Å². The summed E-state index contributed by atoms with van der Waals surface area (Å²) in [4.78, 5) is 0. The van der Waals surface area contributed by atoms with Crippen molar-refractivity contribution in [3.63, 3.8) is 0 Å². The fraction of sp³-hybridized carbons (Fsp3) is 0.333. The standard InChI is InChI=1S/C21H28O2Si/c1-5-18(16-22)17-23-24(21(2,3)4,19-12-8-6-9-13-19)20-14-10-7-11-15-20/h5-15,22H,16-17H2,1-4H3. The van der Waals surface area contributed by atoms with Crippen molar-refractivity contribution in [1.82, 2.24) is 0 Å². The summed E-state index contributed by atoms with van der Waals surface area (Å²) in [5.74, 6) is 0. The molecule has 24 heavy (non-hydrogen) atoms. The van der Waals surface area contributed by atoms with Gasteiger partial charge in [-0.25, -0.2) is 0 Å². The van der Waals surface area contributed by atoms with Gasteiger partial charge < -0.3 is 9.53 Å². The van der Waals surface area contributed by atoms with Gasteiger partial charge in [-0.15, -0.1) is 0 Å². The Labute approximate surface area is 146 Å². The maximum atomic E-state index is 9.53. The molecule has 0 radical (unpaired) electrons. The molecule has 0 saturated carbocycles. The van der Waals surface area contributed by atoms with E-state index in [1.807, 2.05) is 25.1 Å². The number of allylic oxidation sites excluding steroid dienone is 1. The molecular formula is C21H28O2Si.